The quantitative estimate of drug-likeness (QED) is 0.937. The molecule has 6 nitrogen and oxygen atoms in total. The van der Waals surface area contributed by atoms with E-state index in [4.69, 9.17) is 14.0 Å². The number of carbonyl (C=O) groups is 1. The summed E-state index contributed by atoms with van der Waals surface area (Å²) in [4.78, 5) is 12.6. The van der Waals surface area contributed by atoms with Crippen LogP contribution in [0.5, 0.6) is 11.5 Å². The van der Waals surface area contributed by atoms with E-state index in [1.807, 2.05) is 45.0 Å². The van der Waals surface area contributed by atoms with Crippen molar-refractivity contribution < 1.29 is 18.8 Å². The fraction of sp³-hybridized carbons (Fsp3) is 0.444. The maximum absolute atomic E-state index is 12.6. The number of ether oxygens (including phenoxy) is 2. The minimum Gasteiger partial charge on any atom is -0.454 e. The first-order valence-electron chi connectivity index (χ1n) is 8.07. The molecule has 1 aliphatic heterocycles. The van der Waals surface area contributed by atoms with Crippen molar-refractivity contribution in [1.82, 2.24) is 10.5 Å². The van der Waals surface area contributed by atoms with Crippen LogP contribution in [0.4, 0.5) is 0 Å². The average molecular weight is 328 g/mol. The van der Waals surface area contributed by atoms with Gasteiger partial charge < -0.3 is 19.3 Å². The summed E-state index contributed by atoms with van der Waals surface area (Å²) in [5, 5.41) is 7.21. The van der Waals surface area contributed by atoms with Crippen LogP contribution in [0, 0.1) is 0 Å². The van der Waals surface area contributed by atoms with Crippen molar-refractivity contribution in [3.05, 3.63) is 30.0 Å². The van der Waals surface area contributed by atoms with Gasteiger partial charge in [0.25, 0.3) is 0 Å². The molecule has 1 aromatic heterocycles. The van der Waals surface area contributed by atoms with Gasteiger partial charge in [-0.25, -0.2) is 0 Å². The molecular formula is C18H20N2O4. The number of fused-ring (bicyclic) bond motifs is 1. The highest BCUT2D eigenvalue weighted by Gasteiger charge is 2.54. The van der Waals surface area contributed by atoms with E-state index in [2.05, 4.69) is 10.5 Å². The number of amides is 1. The molecule has 0 unspecified atom stereocenters. The maximum Gasteiger partial charge on any atom is 0.232 e. The van der Waals surface area contributed by atoms with Crippen molar-refractivity contribution in [2.45, 2.75) is 44.6 Å². The molecule has 0 bridgehead atoms. The molecule has 1 fully saturated rings. The Kier molecular flexibility index (Phi) is 3.13. The maximum atomic E-state index is 12.6. The van der Waals surface area contributed by atoms with Gasteiger partial charge in [0.15, 0.2) is 17.3 Å². The summed E-state index contributed by atoms with van der Waals surface area (Å²) >= 11 is 0. The summed E-state index contributed by atoms with van der Waals surface area (Å²) in [6.45, 7) is 6.15. The van der Waals surface area contributed by atoms with Gasteiger partial charge in [-0.3, -0.25) is 4.79 Å². The molecule has 1 aliphatic carbocycles. The normalized spacial score (nSPS) is 17.6. The van der Waals surface area contributed by atoms with Crippen molar-refractivity contribution >= 4 is 5.91 Å². The van der Waals surface area contributed by atoms with Gasteiger partial charge in [-0.05, 0) is 51.8 Å². The number of rotatable bonds is 3. The van der Waals surface area contributed by atoms with Crippen molar-refractivity contribution in [3.63, 3.8) is 0 Å². The Labute approximate surface area is 140 Å². The molecule has 1 N–H and O–H groups in total. The van der Waals surface area contributed by atoms with E-state index in [1.165, 1.54) is 0 Å². The lowest BCUT2D eigenvalue weighted by Gasteiger charge is -2.23. The Morgan fingerprint density at radius 1 is 1.17 bits per heavy atom. The Morgan fingerprint density at radius 3 is 2.62 bits per heavy atom. The second-order valence-electron chi connectivity index (χ2n) is 7.43. The van der Waals surface area contributed by atoms with Crippen LogP contribution in [0.25, 0.3) is 11.3 Å². The second-order valence-corrected chi connectivity index (χ2v) is 7.43. The molecule has 4 rings (SSSR count). The third kappa shape index (κ3) is 2.52. The monoisotopic (exact) mass is 328 g/mol. The van der Waals surface area contributed by atoms with Gasteiger partial charge in [0.2, 0.25) is 12.7 Å². The van der Waals surface area contributed by atoms with E-state index in [0.29, 0.717) is 17.2 Å². The molecule has 0 saturated heterocycles. The lowest BCUT2D eigenvalue weighted by Crippen LogP contribution is -2.46. The molecule has 126 valence electrons. The van der Waals surface area contributed by atoms with E-state index in [-0.39, 0.29) is 18.2 Å². The van der Waals surface area contributed by atoms with E-state index >= 15 is 0 Å². The van der Waals surface area contributed by atoms with E-state index in [0.717, 1.165) is 24.2 Å². The Balaban J connectivity index is 1.60. The van der Waals surface area contributed by atoms with Crippen molar-refractivity contribution in [2.24, 2.45) is 0 Å². The SMILES string of the molecule is CC(C)(C)NC(=O)C1(c2cc(-c3ccc4c(c3)OCO4)on2)CC1. The Morgan fingerprint density at radius 2 is 1.92 bits per heavy atom. The number of nitrogens with zero attached hydrogens (tertiary/aromatic N) is 1. The first-order chi connectivity index (χ1) is 11.4. The second kappa shape index (κ2) is 5.00. The summed E-state index contributed by atoms with van der Waals surface area (Å²) in [6, 6.07) is 7.46. The molecule has 24 heavy (non-hydrogen) atoms. The summed E-state index contributed by atoms with van der Waals surface area (Å²) in [7, 11) is 0. The third-order valence-electron chi connectivity index (χ3n) is 4.33. The molecule has 1 amide bonds. The molecule has 0 radical (unpaired) electrons. The van der Waals surface area contributed by atoms with Gasteiger partial charge in [0.1, 0.15) is 0 Å². The van der Waals surface area contributed by atoms with Crippen molar-refractivity contribution in [1.29, 1.82) is 0 Å². The molecule has 2 aliphatic rings. The Hall–Kier alpha value is -2.50. The molecule has 2 aromatic rings. The zero-order chi connectivity index (χ0) is 16.9. The topological polar surface area (TPSA) is 73.6 Å². The standard InChI is InChI=1S/C18H20N2O4/c1-17(2,3)19-16(21)18(6-7-18)15-9-13(24-20-15)11-4-5-12-14(8-11)23-10-22-12/h4-5,8-9H,6-7,10H2,1-3H3,(H,19,21). The van der Waals surface area contributed by atoms with E-state index < -0.39 is 5.41 Å². The predicted octanol–water partition coefficient (Wildman–Crippen LogP) is 3.02. The number of carbonyl (C=O) groups excluding carboxylic acids is 1. The molecular weight excluding hydrogens is 308 g/mol. The summed E-state index contributed by atoms with van der Waals surface area (Å²) in [6.07, 6.45) is 1.59. The first-order valence-corrected chi connectivity index (χ1v) is 8.07. The number of aromatic nitrogens is 1. The van der Waals surface area contributed by atoms with E-state index in [1.54, 1.807) is 0 Å². The smallest absolute Gasteiger partial charge is 0.232 e. The number of benzene rings is 1. The van der Waals surface area contributed by atoms with Crippen LogP contribution in [0.15, 0.2) is 28.8 Å². The molecule has 0 atom stereocenters. The molecule has 2 heterocycles. The van der Waals surface area contributed by atoms with Crippen molar-refractivity contribution in [3.8, 4) is 22.8 Å². The van der Waals surface area contributed by atoms with E-state index in [9.17, 15) is 4.79 Å². The fourth-order valence-corrected chi connectivity index (χ4v) is 2.87. The van der Waals surface area contributed by atoms with Crippen LogP contribution >= 0.6 is 0 Å². The predicted molar refractivity (Wildman–Crippen MR) is 86.9 cm³/mol. The summed E-state index contributed by atoms with van der Waals surface area (Å²) in [5.74, 6) is 2.05. The number of nitrogens with one attached hydrogen (secondary N) is 1. The van der Waals surface area contributed by atoms with Crippen LogP contribution in [-0.4, -0.2) is 23.4 Å². The molecule has 0 spiro atoms. The van der Waals surface area contributed by atoms with Crippen LogP contribution in [0.3, 0.4) is 0 Å². The van der Waals surface area contributed by atoms with Crippen LogP contribution in [0.2, 0.25) is 0 Å². The van der Waals surface area contributed by atoms with Gasteiger partial charge >= 0.3 is 0 Å². The summed E-state index contributed by atoms with van der Waals surface area (Å²) < 4.78 is 16.2. The van der Waals surface area contributed by atoms with Gasteiger partial charge in [-0.1, -0.05) is 5.16 Å². The number of hydrogen-bond acceptors (Lipinski definition) is 5. The van der Waals surface area contributed by atoms with Gasteiger partial charge in [-0.2, -0.15) is 0 Å². The molecule has 1 saturated carbocycles. The largest absolute Gasteiger partial charge is 0.454 e. The van der Waals surface area contributed by atoms with Crippen LogP contribution < -0.4 is 14.8 Å². The fourth-order valence-electron chi connectivity index (χ4n) is 2.87. The highest BCUT2D eigenvalue weighted by Crippen LogP contribution is 2.49. The Bertz CT molecular complexity index is 800. The van der Waals surface area contributed by atoms with Gasteiger partial charge in [0.05, 0.1) is 11.1 Å². The zero-order valence-electron chi connectivity index (χ0n) is 14.0. The highest BCUT2D eigenvalue weighted by molar-refractivity contribution is 5.91. The molecule has 6 heteroatoms. The van der Waals surface area contributed by atoms with Crippen molar-refractivity contribution in [2.75, 3.05) is 6.79 Å². The first kappa shape index (κ1) is 15.1. The van der Waals surface area contributed by atoms with Gasteiger partial charge in [-0.15, -0.1) is 0 Å². The van der Waals surface area contributed by atoms with Crippen LogP contribution in [-0.2, 0) is 10.2 Å². The average Bonchev–Trinajstić information content (AvgIpc) is 2.96. The third-order valence-corrected chi connectivity index (χ3v) is 4.33. The zero-order valence-corrected chi connectivity index (χ0v) is 14.0. The minimum absolute atomic E-state index is 0.0144. The number of hydrogen-bond donors (Lipinski definition) is 1. The molecule has 1 aromatic carbocycles. The van der Waals surface area contributed by atoms with Gasteiger partial charge in [0, 0.05) is 17.2 Å². The minimum atomic E-state index is -0.550. The van der Waals surface area contributed by atoms with Crippen LogP contribution in [0.1, 0.15) is 39.3 Å². The highest BCUT2D eigenvalue weighted by atomic mass is 16.7. The lowest BCUT2D eigenvalue weighted by atomic mass is 9.98. The lowest BCUT2D eigenvalue weighted by molar-refractivity contribution is -0.125. The summed E-state index contributed by atoms with van der Waals surface area (Å²) in [5.41, 5.74) is 0.726.